The molecule has 0 aliphatic rings. The Kier molecular flexibility index (Phi) is 4.32. The first-order valence-electron chi connectivity index (χ1n) is 6.24. The summed E-state index contributed by atoms with van der Waals surface area (Å²) in [6, 6.07) is 3.58. The van der Waals surface area contributed by atoms with Crippen molar-refractivity contribution in [2.75, 3.05) is 32.8 Å². The number of rotatable bonds is 5. The van der Waals surface area contributed by atoms with Crippen LogP contribution >= 0.6 is 0 Å². The van der Waals surface area contributed by atoms with Crippen LogP contribution < -0.4 is 25.7 Å². The molecule has 1 aromatic heterocycles. The van der Waals surface area contributed by atoms with Crippen LogP contribution in [-0.2, 0) is 6.42 Å². The molecule has 0 aliphatic carbocycles. The van der Waals surface area contributed by atoms with Crippen LogP contribution in [0.4, 0.5) is 11.6 Å². The second-order valence-corrected chi connectivity index (χ2v) is 4.32. The Bertz CT molecular complexity index is 626. The molecule has 7 nitrogen and oxygen atoms in total. The van der Waals surface area contributed by atoms with E-state index in [-0.39, 0.29) is 0 Å². The molecule has 0 fully saturated rings. The van der Waals surface area contributed by atoms with Crippen molar-refractivity contribution in [2.24, 2.45) is 0 Å². The highest BCUT2D eigenvalue weighted by Crippen LogP contribution is 2.36. The monoisotopic (exact) mass is 290 g/mol. The zero-order valence-electron chi connectivity index (χ0n) is 12.2. The highest BCUT2D eigenvalue weighted by Gasteiger charge is 2.15. The van der Waals surface area contributed by atoms with E-state index in [4.69, 9.17) is 25.7 Å². The molecule has 0 atom stereocenters. The van der Waals surface area contributed by atoms with E-state index in [0.717, 1.165) is 5.56 Å². The minimum Gasteiger partial charge on any atom is -0.496 e. The number of aromatic nitrogens is 2. The molecule has 0 aliphatic heterocycles. The molecule has 21 heavy (non-hydrogen) atoms. The van der Waals surface area contributed by atoms with Crippen LogP contribution in [0.3, 0.4) is 0 Å². The van der Waals surface area contributed by atoms with Gasteiger partial charge in [0.1, 0.15) is 23.7 Å². The maximum atomic E-state index is 5.86. The van der Waals surface area contributed by atoms with E-state index in [1.54, 1.807) is 27.4 Å². The van der Waals surface area contributed by atoms with E-state index in [0.29, 0.717) is 40.9 Å². The number of nitrogens with zero attached hydrogens (tertiary/aromatic N) is 2. The van der Waals surface area contributed by atoms with Crippen LogP contribution in [0.2, 0.25) is 0 Å². The molecular weight excluding hydrogens is 272 g/mol. The molecule has 0 radical (unpaired) electrons. The van der Waals surface area contributed by atoms with Gasteiger partial charge in [0, 0.05) is 23.6 Å². The third kappa shape index (κ3) is 2.91. The number of hydrogen-bond donors (Lipinski definition) is 2. The Hall–Kier alpha value is -2.70. The van der Waals surface area contributed by atoms with Crippen molar-refractivity contribution in [3.63, 3.8) is 0 Å². The van der Waals surface area contributed by atoms with Crippen LogP contribution in [0.15, 0.2) is 18.5 Å². The quantitative estimate of drug-likeness (QED) is 0.853. The van der Waals surface area contributed by atoms with Crippen molar-refractivity contribution >= 4 is 11.6 Å². The van der Waals surface area contributed by atoms with Crippen molar-refractivity contribution in [3.8, 4) is 17.2 Å². The second kappa shape index (κ2) is 6.17. The normalized spacial score (nSPS) is 10.2. The minimum atomic E-state index is 0.347. The predicted molar refractivity (Wildman–Crippen MR) is 79.8 cm³/mol. The summed E-state index contributed by atoms with van der Waals surface area (Å²) >= 11 is 0. The Balaban J connectivity index is 2.48. The fourth-order valence-electron chi connectivity index (χ4n) is 2.04. The van der Waals surface area contributed by atoms with Gasteiger partial charge in [0.05, 0.1) is 21.3 Å². The van der Waals surface area contributed by atoms with Crippen LogP contribution in [0, 0.1) is 0 Å². The molecule has 0 saturated carbocycles. The smallest absolute Gasteiger partial charge is 0.164 e. The molecule has 0 saturated heterocycles. The fraction of sp³-hybridized carbons (Fsp3) is 0.286. The summed E-state index contributed by atoms with van der Waals surface area (Å²) in [4.78, 5) is 7.92. The second-order valence-electron chi connectivity index (χ2n) is 4.32. The lowest BCUT2D eigenvalue weighted by molar-refractivity contribution is 0.348. The molecule has 7 heteroatoms. The van der Waals surface area contributed by atoms with Gasteiger partial charge < -0.3 is 25.7 Å². The highest BCUT2D eigenvalue weighted by molar-refractivity contribution is 5.58. The first-order chi connectivity index (χ1) is 10.1. The van der Waals surface area contributed by atoms with Gasteiger partial charge in [-0.05, 0) is 6.07 Å². The van der Waals surface area contributed by atoms with Crippen molar-refractivity contribution in [1.82, 2.24) is 9.97 Å². The summed E-state index contributed by atoms with van der Waals surface area (Å²) in [5.41, 5.74) is 13.2. The zero-order valence-corrected chi connectivity index (χ0v) is 12.2. The third-order valence-corrected chi connectivity index (χ3v) is 3.17. The van der Waals surface area contributed by atoms with Gasteiger partial charge in [0.25, 0.3) is 0 Å². The molecule has 0 bridgehead atoms. The number of benzene rings is 1. The largest absolute Gasteiger partial charge is 0.496 e. The molecule has 1 aromatic carbocycles. The van der Waals surface area contributed by atoms with E-state index in [1.165, 1.54) is 6.33 Å². The summed E-state index contributed by atoms with van der Waals surface area (Å²) in [6.07, 6.45) is 1.77. The van der Waals surface area contributed by atoms with Crippen molar-refractivity contribution in [3.05, 3.63) is 29.6 Å². The van der Waals surface area contributed by atoms with E-state index < -0.39 is 0 Å². The molecule has 4 N–H and O–H groups in total. The SMILES string of the molecule is COc1cc(OC)c(OC)cc1Cc1c(N)ncnc1N. The summed E-state index contributed by atoms with van der Waals surface area (Å²) in [5, 5.41) is 0. The number of hydrogen-bond acceptors (Lipinski definition) is 7. The number of nitrogens with two attached hydrogens (primary N) is 2. The average molecular weight is 290 g/mol. The summed E-state index contributed by atoms with van der Waals surface area (Å²) in [7, 11) is 4.72. The Morgan fingerprint density at radius 3 is 1.90 bits per heavy atom. The third-order valence-electron chi connectivity index (χ3n) is 3.17. The lowest BCUT2D eigenvalue weighted by Crippen LogP contribution is -2.06. The first-order valence-corrected chi connectivity index (χ1v) is 6.24. The van der Waals surface area contributed by atoms with Crippen LogP contribution in [0.1, 0.15) is 11.1 Å². The highest BCUT2D eigenvalue weighted by atomic mass is 16.5. The Labute approximate surface area is 122 Å². The minimum absolute atomic E-state index is 0.347. The summed E-state index contributed by atoms with van der Waals surface area (Å²) in [6.45, 7) is 0. The number of ether oxygens (including phenoxy) is 3. The predicted octanol–water partition coefficient (Wildman–Crippen LogP) is 1.26. The standard InChI is InChI=1S/C14H18N4O3/c1-19-10-6-12(21-3)11(20-2)5-8(10)4-9-13(15)17-7-18-14(9)16/h5-7H,4H2,1-3H3,(H4,15,16,17,18). The molecule has 2 aromatic rings. The van der Waals surface area contributed by atoms with Gasteiger partial charge in [0.15, 0.2) is 11.5 Å². The first kappa shape index (κ1) is 14.7. The van der Waals surface area contributed by atoms with Gasteiger partial charge in [-0.1, -0.05) is 0 Å². The van der Waals surface area contributed by atoms with E-state index in [2.05, 4.69) is 9.97 Å². The maximum Gasteiger partial charge on any atom is 0.164 e. The topological polar surface area (TPSA) is 106 Å². The van der Waals surface area contributed by atoms with Gasteiger partial charge in [-0.2, -0.15) is 0 Å². The van der Waals surface area contributed by atoms with Crippen molar-refractivity contribution in [1.29, 1.82) is 0 Å². The molecular formula is C14H18N4O3. The number of methoxy groups -OCH3 is 3. The Morgan fingerprint density at radius 1 is 0.857 bits per heavy atom. The van der Waals surface area contributed by atoms with Crippen LogP contribution in [0.5, 0.6) is 17.2 Å². The van der Waals surface area contributed by atoms with E-state index in [1.807, 2.05) is 6.07 Å². The molecule has 0 spiro atoms. The van der Waals surface area contributed by atoms with Gasteiger partial charge in [-0.3, -0.25) is 0 Å². The van der Waals surface area contributed by atoms with Crippen LogP contribution in [0.25, 0.3) is 0 Å². The summed E-state index contributed by atoms with van der Waals surface area (Å²) in [5.74, 6) is 2.53. The molecule has 112 valence electrons. The van der Waals surface area contributed by atoms with Gasteiger partial charge >= 0.3 is 0 Å². The maximum absolute atomic E-state index is 5.86. The molecule has 2 rings (SSSR count). The lowest BCUT2D eigenvalue weighted by Gasteiger charge is -2.15. The van der Waals surface area contributed by atoms with Gasteiger partial charge in [-0.25, -0.2) is 9.97 Å². The van der Waals surface area contributed by atoms with Gasteiger partial charge in [-0.15, -0.1) is 0 Å². The lowest BCUT2D eigenvalue weighted by atomic mass is 10.0. The van der Waals surface area contributed by atoms with Gasteiger partial charge in [0.2, 0.25) is 0 Å². The van der Waals surface area contributed by atoms with Crippen LogP contribution in [-0.4, -0.2) is 31.3 Å². The molecule has 0 amide bonds. The molecule has 0 unspecified atom stereocenters. The number of anilines is 2. The summed E-state index contributed by atoms with van der Waals surface area (Å²) < 4.78 is 15.9. The number of nitrogen functional groups attached to an aromatic ring is 2. The van der Waals surface area contributed by atoms with Crippen molar-refractivity contribution in [2.45, 2.75) is 6.42 Å². The molecule has 1 heterocycles. The van der Waals surface area contributed by atoms with Crippen molar-refractivity contribution < 1.29 is 14.2 Å². The zero-order chi connectivity index (χ0) is 15.4. The van der Waals surface area contributed by atoms with E-state index >= 15 is 0 Å². The van der Waals surface area contributed by atoms with E-state index in [9.17, 15) is 0 Å². The average Bonchev–Trinajstić information content (AvgIpc) is 2.50. The Morgan fingerprint density at radius 2 is 1.38 bits per heavy atom. The fourth-order valence-corrected chi connectivity index (χ4v) is 2.04.